The minimum Gasteiger partial charge on any atom is -0.478 e. The number of rotatable bonds is 7. The summed E-state index contributed by atoms with van der Waals surface area (Å²) in [5.41, 5.74) is 4.28. The molecule has 192 valence electrons. The topological polar surface area (TPSA) is 85.8 Å². The molecule has 0 saturated carbocycles. The number of nitrogens with one attached hydrogen (secondary N) is 1. The van der Waals surface area contributed by atoms with E-state index >= 15 is 0 Å². The van der Waals surface area contributed by atoms with Crippen LogP contribution in [0.1, 0.15) is 70.4 Å². The fourth-order valence-electron chi connectivity index (χ4n) is 5.50. The molecule has 0 spiro atoms. The van der Waals surface area contributed by atoms with Crippen LogP contribution in [0.2, 0.25) is 0 Å². The van der Waals surface area contributed by atoms with Crippen molar-refractivity contribution in [3.05, 3.63) is 89.1 Å². The largest absolute Gasteiger partial charge is 0.478 e. The molecule has 2 aliphatic rings. The number of hydrogen-bond donors (Lipinski definition) is 2. The smallest absolute Gasteiger partial charge is 0.335 e. The lowest BCUT2D eigenvalue weighted by Crippen LogP contribution is -2.48. The van der Waals surface area contributed by atoms with E-state index < -0.39 is 5.97 Å². The number of benzene rings is 2. The summed E-state index contributed by atoms with van der Waals surface area (Å²) in [6, 6.07) is 19.2. The SMILES string of the molecule is CC(C)c1ccc(C(=O)NC2CCCN(CC3CN(c4ccccn4)c4ccc(C(=O)O)cc43)C2)cc1. The van der Waals surface area contributed by atoms with Gasteiger partial charge in [-0.25, -0.2) is 9.78 Å². The van der Waals surface area contributed by atoms with Gasteiger partial charge in [-0.05, 0) is 78.9 Å². The monoisotopic (exact) mass is 498 g/mol. The van der Waals surface area contributed by atoms with Crippen LogP contribution in [0.3, 0.4) is 0 Å². The zero-order valence-electron chi connectivity index (χ0n) is 21.4. The highest BCUT2D eigenvalue weighted by Gasteiger charge is 2.33. The predicted octanol–water partition coefficient (Wildman–Crippen LogP) is 5.03. The minimum absolute atomic E-state index is 0.0270. The Morgan fingerprint density at radius 3 is 2.54 bits per heavy atom. The van der Waals surface area contributed by atoms with Gasteiger partial charge in [0.15, 0.2) is 0 Å². The minimum atomic E-state index is -0.917. The van der Waals surface area contributed by atoms with Crippen LogP contribution in [-0.2, 0) is 0 Å². The molecular formula is C30H34N4O3. The highest BCUT2D eigenvalue weighted by atomic mass is 16.4. The molecule has 2 N–H and O–H groups in total. The summed E-state index contributed by atoms with van der Waals surface area (Å²) in [6.07, 6.45) is 3.75. The summed E-state index contributed by atoms with van der Waals surface area (Å²) in [7, 11) is 0. The summed E-state index contributed by atoms with van der Waals surface area (Å²) >= 11 is 0. The van der Waals surface area contributed by atoms with Crippen LogP contribution in [0.25, 0.3) is 0 Å². The van der Waals surface area contributed by atoms with Crippen LogP contribution in [-0.4, -0.2) is 59.1 Å². The molecule has 5 rings (SSSR count). The average Bonchev–Trinajstić information content (AvgIpc) is 3.27. The van der Waals surface area contributed by atoms with E-state index in [-0.39, 0.29) is 17.9 Å². The summed E-state index contributed by atoms with van der Waals surface area (Å²) < 4.78 is 0. The standard InChI is InChI=1S/C30H34N4O3/c1-20(2)21-8-10-22(11-9-21)29(35)32-25-6-5-15-33(19-25)17-24-18-34(28-7-3-4-14-31-28)27-13-12-23(30(36)37)16-26(24)27/h3-4,7-14,16,20,24-25H,5-6,15,17-19H2,1-2H3,(H,32,35)(H,36,37). The molecule has 0 radical (unpaired) electrons. The molecule has 1 saturated heterocycles. The van der Waals surface area contributed by atoms with Crippen molar-refractivity contribution in [3.8, 4) is 0 Å². The van der Waals surface area contributed by atoms with Gasteiger partial charge >= 0.3 is 5.97 Å². The molecule has 1 fully saturated rings. The first kappa shape index (κ1) is 25.0. The third kappa shape index (κ3) is 5.52. The van der Waals surface area contributed by atoms with Gasteiger partial charge in [0.05, 0.1) is 5.56 Å². The molecule has 2 atom stereocenters. The normalized spacial score (nSPS) is 19.6. The van der Waals surface area contributed by atoms with E-state index in [4.69, 9.17) is 0 Å². The lowest BCUT2D eigenvalue weighted by atomic mass is 9.96. The van der Waals surface area contributed by atoms with Crippen LogP contribution in [0.5, 0.6) is 0 Å². The second-order valence-corrected chi connectivity index (χ2v) is 10.4. The number of carbonyl (C=O) groups is 2. The van der Waals surface area contributed by atoms with E-state index in [1.165, 1.54) is 5.56 Å². The van der Waals surface area contributed by atoms with Gasteiger partial charge < -0.3 is 20.2 Å². The zero-order valence-corrected chi connectivity index (χ0v) is 21.4. The van der Waals surface area contributed by atoms with E-state index in [0.29, 0.717) is 17.0 Å². The fraction of sp³-hybridized carbons (Fsp3) is 0.367. The maximum absolute atomic E-state index is 12.9. The quantitative estimate of drug-likeness (QED) is 0.475. The first-order chi connectivity index (χ1) is 17.9. The van der Waals surface area contributed by atoms with Crippen LogP contribution >= 0.6 is 0 Å². The van der Waals surface area contributed by atoms with Gasteiger partial charge in [0.1, 0.15) is 5.82 Å². The number of nitrogens with zero attached hydrogens (tertiary/aromatic N) is 3. The lowest BCUT2D eigenvalue weighted by molar-refractivity contribution is 0.0696. The maximum atomic E-state index is 12.9. The third-order valence-electron chi connectivity index (χ3n) is 7.49. The number of amides is 1. The van der Waals surface area contributed by atoms with Crippen molar-refractivity contribution in [2.24, 2.45) is 0 Å². The van der Waals surface area contributed by atoms with Crippen LogP contribution in [0.4, 0.5) is 11.5 Å². The molecule has 1 aromatic heterocycles. The highest BCUT2D eigenvalue weighted by molar-refractivity contribution is 5.94. The maximum Gasteiger partial charge on any atom is 0.335 e. The molecule has 2 aromatic carbocycles. The van der Waals surface area contributed by atoms with Gasteiger partial charge in [-0.15, -0.1) is 0 Å². The van der Waals surface area contributed by atoms with E-state index in [9.17, 15) is 14.7 Å². The molecule has 0 bridgehead atoms. The van der Waals surface area contributed by atoms with Crippen LogP contribution < -0.4 is 10.2 Å². The van der Waals surface area contributed by atoms with Crippen molar-refractivity contribution < 1.29 is 14.7 Å². The van der Waals surface area contributed by atoms with Crippen molar-refractivity contribution in [1.82, 2.24) is 15.2 Å². The number of carboxylic acids is 1. The Balaban J connectivity index is 1.28. The van der Waals surface area contributed by atoms with Gasteiger partial charge in [0, 0.05) is 49.0 Å². The molecule has 2 unspecified atom stereocenters. The second-order valence-electron chi connectivity index (χ2n) is 10.4. The first-order valence-electron chi connectivity index (χ1n) is 13.1. The lowest BCUT2D eigenvalue weighted by Gasteiger charge is -2.34. The number of anilines is 2. The molecule has 2 aliphatic heterocycles. The number of likely N-dealkylation sites (tertiary alicyclic amines) is 1. The fourth-order valence-corrected chi connectivity index (χ4v) is 5.50. The van der Waals surface area contributed by atoms with Crippen molar-refractivity contribution in [2.75, 3.05) is 31.1 Å². The molecule has 37 heavy (non-hydrogen) atoms. The van der Waals surface area contributed by atoms with Crippen LogP contribution in [0, 0.1) is 0 Å². The molecule has 7 nitrogen and oxygen atoms in total. The highest BCUT2D eigenvalue weighted by Crippen LogP contribution is 2.41. The Bertz CT molecular complexity index is 1260. The molecule has 0 aliphatic carbocycles. The first-order valence-corrected chi connectivity index (χ1v) is 13.1. The summed E-state index contributed by atoms with van der Waals surface area (Å²) in [4.78, 5) is 33.7. The second kappa shape index (κ2) is 10.7. The zero-order chi connectivity index (χ0) is 25.9. The number of aromatic nitrogens is 1. The number of aromatic carboxylic acids is 1. The van der Waals surface area contributed by atoms with Gasteiger partial charge in [-0.2, -0.15) is 0 Å². The number of piperidine rings is 1. The van der Waals surface area contributed by atoms with Gasteiger partial charge in [0.25, 0.3) is 5.91 Å². The van der Waals surface area contributed by atoms with E-state index in [1.807, 2.05) is 54.6 Å². The Labute approximate surface area is 218 Å². The number of hydrogen-bond acceptors (Lipinski definition) is 5. The Hall–Kier alpha value is -3.71. The Morgan fingerprint density at radius 1 is 1.05 bits per heavy atom. The predicted molar refractivity (Wildman–Crippen MR) is 145 cm³/mol. The van der Waals surface area contributed by atoms with Gasteiger partial charge in [0.2, 0.25) is 0 Å². The van der Waals surface area contributed by atoms with Crippen LogP contribution in [0.15, 0.2) is 66.9 Å². The number of pyridine rings is 1. The Kier molecular flexibility index (Phi) is 7.24. The third-order valence-corrected chi connectivity index (χ3v) is 7.49. The number of fused-ring (bicyclic) bond motifs is 1. The molecular weight excluding hydrogens is 464 g/mol. The Morgan fingerprint density at radius 2 is 1.84 bits per heavy atom. The van der Waals surface area contributed by atoms with E-state index in [1.54, 1.807) is 12.3 Å². The average molecular weight is 499 g/mol. The van der Waals surface area contributed by atoms with Gasteiger partial charge in [-0.3, -0.25) is 4.79 Å². The summed E-state index contributed by atoms with van der Waals surface area (Å²) in [6.45, 7) is 7.58. The molecule has 3 heterocycles. The van der Waals surface area contributed by atoms with Crippen molar-refractivity contribution in [2.45, 2.75) is 44.6 Å². The summed E-state index contributed by atoms with van der Waals surface area (Å²) in [5, 5.41) is 12.8. The number of carbonyl (C=O) groups excluding carboxylic acids is 1. The van der Waals surface area contributed by atoms with E-state index in [0.717, 1.165) is 56.1 Å². The number of carboxylic acid groups (broad SMARTS) is 1. The molecule has 3 aromatic rings. The molecule has 7 heteroatoms. The van der Waals surface area contributed by atoms with Crippen molar-refractivity contribution in [3.63, 3.8) is 0 Å². The van der Waals surface area contributed by atoms with Gasteiger partial charge in [-0.1, -0.05) is 32.0 Å². The van der Waals surface area contributed by atoms with Crippen molar-refractivity contribution in [1.29, 1.82) is 0 Å². The summed E-state index contributed by atoms with van der Waals surface area (Å²) in [5.74, 6) is 0.502. The van der Waals surface area contributed by atoms with Crippen molar-refractivity contribution >= 4 is 23.4 Å². The molecule has 1 amide bonds. The van der Waals surface area contributed by atoms with E-state index in [2.05, 4.69) is 33.9 Å².